The van der Waals surface area contributed by atoms with Gasteiger partial charge in [0.2, 0.25) is 0 Å². The van der Waals surface area contributed by atoms with E-state index in [1.807, 2.05) is 12.1 Å². The summed E-state index contributed by atoms with van der Waals surface area (Å²) in [5.41, 5.74) is 1.27. The Kier molecular flexibility index (Phi) is 6.22. The Bertz CT molecular complexity index is 506. The molecule has 1 saturated carbocycles. The number of likely N-dealkylation sites (tertiary alicyclic amines) is 1. The highest BCUT2D eigenvalue weighted by Crippen LogP contribution is 2.18. The largest absolute Gasteiger partial charge is 0.310 e. The lowest BCUT2D eigenvalue weighted by Crippen LogP contribution is -2.41. The molecule has 1 atom stereocenters. The van der Waals surface area contributed by atoms with E-state index in [4.69, 9.17) is 0 Å². The van der Waals surface area contributed by atoms with E-state index in [1.165, 1.54) is 31.2 Å². The first-order valence-electron chi connectivity index (χ1n) is 8.89. The molecule has 1 heterocycles. The van der Waals surface area contributed by atoms with Crippen molar-refractivity contribution in [3.8, 4) is 0 Å². The van der Waals surface area contributed by atoms with Gasteiger partial charge in [-0.25, -0.2) is 8.93 Å². The van der Waals surface area contributed by atoms with Crippen LogP contribution in [0.5, 0.6) is 0 Å². The molecule has 0 bridgehead atoms. The molecule has 3 rings (SSSR count). The van der Waals surface area contributed by atoms with Gasteiger partial charge in [0.05, 0.1) is 4.90 Å². The summed E-state index contributed by atoms with van der Waals surface area (Å²) in [6.07, 6.45) is 7.49. The molecule has 23 heavy (non-hydrogen) atoms. The molecule has 0 radical (unpaired) electrons. The maximum Gasteiger partial charge on any atom is 0.125 e. The molecule has 2 fully saturated rings. The molecule has 1 aliphatic carbocycles. The molecule has 1 aromatic carbocycles. The van der Waals surface area contributed by atoms with Crippen LogP contribution < -0.4 is 10.0 Å². The first-order valence-corrected chi connectivity index (χ1v) is 10.0. The molecule has 0 spiro atoms. The fraction of sp³-hybridized carbons (Fsp3) is 0.667. The van der Waals surface area contributed by atoms with Crippen LogP contribution in [0.2, 0.25) is 0 Å². The first-order chi connectivity index (χ1) is 11.2. The average molecular weight is 336 g/mol. The van der Waals surface area contributed by atoms with E-state index in [1.54, 1.807) is 0 Å². The Morgan fingerprint density at radius 1 is 1.04 bits per heavy atom. The standard InChI is InChI=1S/C18H29N3OS/c1-21-12-10-17(11-13-21)20-23(22)18-8-6-15(7-9-18)14-19-16-4-2-3-5-16/h6-9,16-17,19-20H,2-5,10-14H2,1H3. The van der Waals surface area contributed by atoms with E-state index in [2.05, 4.69) is 34.1 Å². The second-order valence-electron chi connectivity index (χ2n) is 6.97. The summed E-state index contributed by atoms with van der Waals surface area (Å²) in [5.74, 6) is 0. The number of piperidine rings is 1. The maximum absolute atomic E-state index is 12.4. The second-order valence-corrected chi connectivity index (χ2v) is 8.21. The second kappa shape index (κ2) is 8.38. The zero-order chi connectivity index (χ0) is 16.1. The Balaban J connectivity index is 1.47. The van der Waals surface area contributed by atoms with E-state index < -0.39 is 11.0 Å². The molecule has 1 aromatic rings. The van der Waals surface area contributed by atoms with Crippen molar-refractivity contribution >= 4 is 11.0 Å². The van der Waals surface area contributed by atoms with Gasteiger partial charge < -0.3 is 10.2 Å². The summed E-state index contributed by atoms with van der Waals surface area (Å²) in [4.78, 5) is 3.21. The molecule has 2 N–H and O–H groups in total. The Hall–Kier alpha value is -0.750. The zero-order valence-electron chi connectivity index (χ0n) is 14.1. The zero-order valence-corrected chi connectivity index (χ0v) is 14.9. The van der Waals surface area contributed by atoms with Crippen molar-refractivity contribution in [2.75, 3.05) is 20.1 Å². The van der Waals surface area contributed by atoms with Gasteiger partial charge in [0.1, 0.15) is 11.0 Å². The van der Waals surface area contributed by atoms with Crippen LogP contribution >= 0.6 is 0 Å². The molecular weight excluding hydrogens is 306 g/mol. The van der Waals surface area contributed by atoms with E-state index in [0.29, 0.717) is 12.1 Å². The normalized spacial score (nSPS) is 22.5. The van der Waals surface area contributed by atoms with Crippen molar-refractivity contribution in [1.82, 2.24) is 14.9 Å². The number of hydrogen-bond donors (Lipinski definition) is 2. The third kappa shape index (κ3) is 5.11. The molecular formula is C18H29N3OS. The van der Waals surface area contributed by atoms with Gasteiger partial charge in [-0.1, -0.05) is 25.0 Å². The van der Waals surface area contributed by atoms with Crippen molar-refractivity contribution in [3.05, 3.63) is 29.8 Å². The van der Waals surface area contributed by atoms with Crippen molar-refractivity contribution in [3.63, 3.8) is 0 Å². The average Bonchev–Trinajstić information content (AvgIpc) is 3.09. The van der Waals surface area contributed by atoms with Crippen LogP contribution in [-0.4, -0.2) is 41.3 Å². The van der Waals surface area contributed by atoms with Crippen LogP contribution in [0.3, 0.4) is 0 Å². The van der Waals surface area contributed by atoms with Crippen LogP contribution in [0.1, 0.15) is 44.1 Å². The molecule has 1 aliphatic heterocycles. The van der Waals surface area contributed by atoms with Crippen molar-refractivity contribution < 1.29 is 4.21 Å². The Morgan fingerprint density at radius 2 is 1.70 bits per heavy atom. The fourth-order valence-electron chi connectivity index (χ4n) is 3.47. The smallest absolute Gasteiger partial charge is 0.125 e. The van der Waals surface area contributed by atoms with Gasteiger partial charge in [-0.05, 0) is 63.5 Å². The number of benzene rings is 1. The monoisotopic (exact) mass is 335 g/mol. The van der Waals surface area contributed by atoms with Crippen molar-refractivity contribution in [2.24, 2.45) is 0 Å². The fourth-order valence-corrected chi connectivity index (χ4v) is 4.53. The summed E-state index contributed by atoms with van der Waals surface area (Å²) < 4.78 is 15.7. The highest BCUT2D eigenvalue weighted by Gasteiger charge is 2.19. The van der Waals surface area contributed by atoms with Gasteiger partial charge in [0.15, 0.2) is 0 Å². The minimum atomic E-state index is -1.10. The topological polar surface area (TPSA) is 44.4 Å². The molecule has 1 unspecified atom stereocenters. The predicted octanol–water partition coefficient (Wildman–Crippen LogP) is 2.43. The summed E-state index contributed by atoms with van der Waals surface area (Å²) >= 11 is 0. The molecule has 2 aliphatic rings. The van der Waals surface area contributed by atoms with E-state index >= 15 is 0 Å². The van der Waals surface area contributed by atoms with Crippen molar-refractivity contribution in [1.29, 1.82) is 0 Å². The minimum absolute atomic E-state index is 0.371. The van der Waals surface area contributed by atoms with E-state index in [-0.39, 0.29) is 0 Å². The molecule has 4 nitrogen and oxygen atoms in total. The van der Waals surface area contributed by atoms with Crippen LogP contribution in [-0.2, 0) is 17.5 Å². The van der Waals surface area contributed by atoms with Crippen molar-refractivity contribution in [2.45, 2.75) is 62.0 Å². The van der Waals surface area contributed by atoms with E-state index in [0.717, 1.165) is 37.4 Å². The highest BCUT2D eigenvalue weighted by atomic mass is 32.2. The lowest BCUT2D eigenvalue weighted by Gasteiger charge is -2.29. The lowest BCUT2D eigenvalue weighted by molar-refractivity contribution is 0.249. The summed E-state index contributed by atoms with van der Waals surface area (Å²) in [7, 11) is 1.05. The third-order valence-electron chi connectivity index (χ3n) is 5.08. The minimum Gasteiger partial charge on any atom is -0.310 e. The van der Waals surface area contributed by atoms with Crippen LogP contribution in [0, 0.1) is 0 Å². The van der Waals surface area contributed by atoms with E-state index in [9.17, 15) is 4.21 Å². The molecule has 1 saturated heterocycles. The summed E-state index contributed by atoms with van der Waals surface area (Å²) in [5, 5.41) is 3.62. The molecule has 128 valence electrons. The first kappa shape index (κ1) is 17.1. The number of nitrogens with zero attached hydrogens (tertiary/aromatic N) is 1. The van der Waals surface area contributed by atoms with Gasteiger partial charge in [-0.3, -0.25) is 0 Å². The molecule has 5 heteroatoms. The number of hydrogen-bond acceptors (Lipinski definition) is 3. The predicted molar refractivity (Wildman–Crippen MR) is 95.6 cm³/mol. The highest BCUT2D eigenvalue weighted by molar-refractivity contribution is 7.83. The summed E-state index contributed by atoms with van der Waals surface area (Å²) in [6.45, 7) is 3.08. The Morgan fingerprint density at radius 3 is 2.35 bits per heavy atom. The van der Waals surface area contributed by atoms with Gasteiger partial charge >= 0.3 is 0 Å². The summed E-state index contributed by atoms with van der Waals surface area (Å²) in [6, 6.07) is 9.27. The number of rotatable bonds is 6. The third-order valence-corrected chi connectivity index (χ3v) is 6.33. The molecule has 0 aromatic heterocycles. The van der Waals surface area contributed by atoms with Crippen LogP contribution in [0.25, 0.3) is 0 Å². The van der Waals surface area contributed by atoms with Gasteiger partial charge in [-0.15, -0.1) is 0 Å². The quantitative estimate of drug-likeness (QED) is 0.839. The molecule has 0 amide bonds. The number of nitrogens with one attached hydrogen (secondary N) is 2. The van der Waals surface area contributed by atoms with Gasteiger partial charge in [0, 0.05) is 18.6 Å². The van der Waals surface area contributed by atoms with Gasteiger partial charge in [0.25, 0.3) is 0 Å². The van der Waals surface area contributed by atoms with Crippen LogP contribution in [0.4, 0.5) is 0 Å². The Labute approximate surface area is 142 Å². The van der Waals surface area contributed by atoms with Gasteiger partial charge in [-0.2, -0.15) is 0 Å². The SMILES string of the molecule is CN1CCC(NS(=O)c2ccc(CNC3CCCC3)cc2)CC1. The maximum atomic E-state index is 12.4. The lowest BCUT2D eigenvalue weighted by atomic mass is 10.1. The van der Waals surface area contributed by atoms with Crippen LogP contribution in [0.15, 0.2) is 29.2 Å².